The maximum Gasteiger partial charge on any atom is 0.254 e. The molecule has 3 nitrogen and oxygen atoms in total. The lowest BCUT2D eigenvalue weighted by molar-refractivity contribution is 0.0936. The maximum absolute atomic E-state index is 13.5. The predicted octanol–water partition coefficient (Wildman–Crippen LogP) is 3.37. The predicted molar refractivity (Wildman–Crippen MR) is 71.5 cm³/mol. The second kappa shape index (κ2) is 5.80. The fraction of sp³-hybridized carbons (Fsp3) is 0.143. The molecule has 19 heavy (non-hydrogen) atoms. The van der Waals surface area contributed by atoms with E-state index in [-0.39, 0.29) is 11.6 Å². The molecule has 0 unspecified atom stereocenters. The van der Waals surface area contributed by atoms with Gasteiger partial charge in [-0.1, -0.05) is 11.6 Å². The summed E-state index contributed by atoms with van der Waals surface area (Å²) >= 11 is 5.76. The molecule has 0 aliphatic heterocycles. The van der Waals surface area contributed by atoms with E-state index in [0.29, 0.717) is 5.02 Å². The molecular formula is C14H12ClFN2O. The van der Waals surface area contributed by atoms with Gasteiger partial charge in [0.2, 0.25) is 0 Å². The van der Waals surface area contributed by atoms with Crippen molar-refractivity contribution in [2.75, 3.05) is 0 Å². The number of amides is 1. The first kappa shape index (κ1) is 13.5. The first-order valence-electron chi connectivity index (χ1n) is 5.74. The zero-order valence-corrected chi connectivity index (χ0v) is 11.0. The smallest absolute Gasteiger partial charge is 0.254 e. The van der Waals surface area contributed by atoms with E-state index in [1.54, 1.807) is 24.5 Å². The van der Waals surface area contributed by atoms with Gasteiger partial charge in [0, 0.05) is 17.4 Å². The summed E-state index contributed by atoms with van der Waals surface area (Å²) in [6, 6.07) is 7.23. The number of nitrogens with one attached hydrogen (secondary N) is 1. The van der Waals surface area contributed by atoms with Gasteiger partial charge in [0.1, 0.15) is 5.82 Å². The van der Waals surface area contributed by atoms with Crippen LogP contribution in [0.4, 0.5) is 4.39 Å². The summed E-state index contributed by atoms with van der Waals surface area (Å²) in [4.78, 5) is 15.9. The van der Waals surface area contributed by atoms with Crippen molar-refractivity contribution >= 4 is 17.5 Å². The van der Waals surface area contributed by atoms with Crippen LogP contribution in [0, 0.1) is 5.82 Å². The highest BCUT2D eigenvalue weighted by atomic mass is 35.5. The van der Waals surface area contributed by atoms with Gasteiger partial charge in [-0.05, 0) is 42.8 Å². The molecule has 0 fully saturated rings. The molecule has 1 aromatic carbocycles. The van der Waals surface area contributed by atoms with Crippen LogP contribution in [0.2, 0.25) is 5.02 Å². The molecule has 98 valence electrons. The summed E-state index contributed by atoms with van der Waals surface area (Å²) in [6.45, 7) is 1.82. The van der Waals surface area contributed by atoms with E-state index < -0.39 is 11.7 Å². The Morgan fingerprint density at radius 1 is 1.32 bits per heavy atom. The standard InChI is InChI=1S/C14H12ClFN2O/c1-9(10-4-6-17-7-5-10)18-14(19)12-8-11(15)2-3-13(12)16/h2-9H,1H3,(H,18,19)/t9-/m1/s1. The van der Waals surface area contributed by atoms with Crippen LogP contribution in [0.5, 0.6) is 0 Å². The number of benzene rings is 1. The van der Waals surface area contributed by atoms with Crippen LogP contribution in [0.25, 0.3) is 0 Å². The lowest BCUT2D eigenvalue weighted by Crippen LogP contribution is -2.27. The summed E-state index contributed by atoms with van der Waals surface area (Å²) in [7, 11) is 0. The molecule has 0 saturated heterocycles. The average Bonchev–Trinajstić information content (AvgIpc) is 2.42. The molecule has 1 amide bonds. The molecule has 0 saturated carbocycles. The van der Waals surface area contributed by atoms with Crippen molar-refractivity contribution in [2.45, 2.75) is 13.0 Å². The number of rotatable bonds is 3. The van der Waals surface area contributed by atoms with E-state index >= 15 is 0 Å². The molecule has 2 rings (SSSR count). The molecule has 0 spiro atoms. The minimum Gasteiger partial charge on any atom is -0.345 e. The number of hydrogen-bond acceptors (Lipinski definition) is 2. The number of aromatic nitrogens is 1. The van der Waals surface area contributed by atoms with Crippen LogP contribution in [0.15, 0.2) is 42.7 Å². The van der Waals surface area contributed by atoms with E-state index in [9.17, 15) is 9.18 Å². The molecule has 1 N–H and O–H groups in total. The topological polar surface area (TPSA) is 42.0 Å². The second-order valence-electron chi connectivity index (χ2n) is 4.10. The Morgan fingerprint density at radius 2 is 2.00 bits per heavy atom. The van der Waals surface area contributed by atoms with E-state index in [1.165, 1.54) is 18.2 Å². The van der Waals surface area contributed by atoms with Gasteiger partial charge in [-0.3, -0.25) is 9.78 Å². The number of hydrogen-bond donors (Lipinski definition) is 1. The lowest BCUT2D eigenvalue weighted by atomic mass is 10.1. The molecular weight excluding hydrogens is 267 g/mol. The van der Waals surface area contributed by atoms with Gasteiger partial charge in [-0.25, -0.2) is 4.39 Å². The van der Waals surface area contributed by atoms with E-state index in [0.717, 1.165) is 5.56 Å². The summed E-state index contributed by atoms with van der Waals surface area (Å²) in [5.41, 5.74) is 0.833. The Labute approximate surface area is 115 Å². The second-order valence-corrected chi connectivity index (χ2v) is 4.54. The van der Waals surface area contributed by atoms with Crippen molar-refractivity contribution in [1.29, 1.82) is 0 Å². The van der Waals surface area contributed by atoms with Crippen molar-refractivity contribution < 1.29 is 9.18 Å². The molecule has 0 bridgehead atoms. The largest absolute Gasteiger partial charge is 0.345 e. The Hall–Kier alpha value is -1.94. The fourth-order valence-electron chi connectivity index (χ4n) is 1.68. The van der Waals surface area contributed by atoms with Crippen LogP contribution in [0.1, 0.15) is 28.9 Å². The highest BCUT2D eigenvalue weighted by molar-refractivity contribution is 6.31. The minimum atomic E-state index is -0.594. The Kier molecular flexibility index (Phi) is 4.12. The first-order chi connectivity index (χ1) is 9.08. The van der Waals surface area contributed by atoms with E-state index in [2.05, 4.69) is 10.3 Å². The van der Waals surface area contributed by atoms with Crippen LogP contribution in [-0.4, -0.2) is 10.9 Å². The molecule has 2 aromatic rings. The third-order valence-electron chi connectivity index (χ3n) is 2.73. The number of nitrogens with zero attached hydrogens (tertiary/aromatic N) is 1. The minimum absolute atomic E-state index is 0.0617. The van der Waals surface area contributed by atoms with Gasteiger partial charge in [-0.2, -0.15) is 0 Å². The number of carbonyl (C=O) groups excluding carboxylic acids is 1. The maximum atomic E-state index is 13.5. The highest BCUT2D eigenvalue weighted by Crippen LogP contribution is 2.17. The van der Waals surface area contributed by atoms with Crippen molar-refractivity contribution in [3.8, 4) is 0 Å². The van der Waals surface area contributed by atoms with Crippen molar-refractivity contribution in [3.63, 3.8) is 0 Å². The van der Waals surface area contributed by atoms with Gasteiger partial charge in [0.25, 0.3) is 5.91 Å². The SMILES string of the molecule is C[C@@H](NC(=O)c1cc(Cl)ccc1F)c1ccncc1. The summed E-state index contributed by atoms with van der Waals surface area (Å²) in [5, 5.41) is 3.04. The zero-order chi connectivity index (χ0) is 13.8. The monoisotopic (exact) mass is 278 g/mol. The van der Waals surface area contributed by atoms with Crippen molar-refractivity contribution in [2.24, 2.45) is 0 Å². The lowest BCUT2D eigenvalue weighted by Gasteiger charge is -2.14. The normalized spacial score (nSPS) is 11.9. The highest BCUT2D eigenvalue weighted by Gasteiger charge is 2.15. The molecule has 1 aromatic heterocycles. The first-order valence-corrected chi connectivity index (χ1v) is 6.11. The van der Waals surface area contributed by atoms with Gasteiger partial charge >= 0.3 is 0 Å². The third-order valence-corrected chi connectivity index (χ3v) is 2.96. The Balaban J connectivity index is 2.15. The van der Waals surface area contributed by atoms with Crippen LogP contribution < -0.4 is 5.32 Å². The molecule has 0 radical (unpaired) electrons. The molecule has 1 atom stereocenters. The van der Waals surface area contributed by atoms with E-state index in [4.69, 9.17) is 11.6 Å². The molecule has 5 heteroatoms. The van der Waals surface area contributed by atoms with Gasteiger partial charge in [-0.15, -0.1) is 0 Å². The van der Waals surface area contributed by atoms with Gasteiger partial charge in [0.05, 0.1) is 11.6 Å². The van der Waals surface area contributed by atoms with Crippen molar-refractivity contribution in [1.82, 2.24) is 10.3 Å². The number of carbonyl (C=O) groups is 1. The number of halogens is 2. The Morgan fingerprint density at radius 3 is 2.68 bits per heavy atom. The van der Waals surface area contributed by atoms with E-state index in [1.807, 2.05) is 6.92 Å². The average molecular weight is 279 g/mol. The van der Waals surface area contributed by atoms with Crippen molar-refractivity contribution in [3.05, 3.63) is 64.7 Å². The third kappa shape index (κ3) is 3.29. The van der Waals surface area contributed by atoms with Crippen LogP contribution in [0.3, 0.4) is 0 Å². The zero-order valence-electron chi connectivity index (χ0n) is 10.2. The molecule has 0 aliphatic rings. The Bertz CT molecular complexity index is 589. The van der Waals surface area contributed by atoms with Gasteiger partial charge in [0.15, 0.2) is 0 Å². The van der Waals surface area contributed by atoms with Crippen LogP contribution in [-0.2, 0) is 0 Å². The van der Waals surface area contributed by atoms with Gasteiger partial charge < -0.3 is 5.32 Å². The molecule has 1 heterocycles. The quantitative estimate of drug-likeness (QED) is 0.935. The summed E-state index contributed by atoms with van der Waals surface area (Å²) < 4.78 is 13.5. The number of pyridine rings is 1. The molecule has 0 aliphatic carbocycles. The fourth-order valence-corrected chi connectivity index (χ4v) is 1.85. The summed E-state index contributed by atoms with van der Waals surface area (Å²) in [6.07, 6.45) is 3.27. The summed E-state index contributed by atoms with van der Waals surface area (Å²) in [5.74, 6) is -1.09. The van der Waals surface area contributed by atoms with Crippen LogP contribution >= 0.6 is 11.6 Å².